The third kappa shape index (κ3) is 5.91. The van der Waals surface area contributed by atoms with Crippen LogP contribution in [0, 0.1) is 6.92 Å². The summed E-state index contributed by atoms with van der Waals surface area (Å²) in [4.78, 5) is 21.0. The summed E-state index contributed by atoms with van der Waals surface area (Å²) >= 11 is 0. The molecule has 2 aromatic rings. The molecule has 0 aliphatic rings. The Balaban J connectivity index is 0.00000312. The average molecular weight is 457 g/mol. The molecule has 7 heteroatoms. The number of fused-ring (bicyclic) bond motifs is 1. The van der Waals surface area contributed by atoms with Crippen LogP contribution in [0.25, 0.3) is 10.9 Å². The predicted molar refractivity (Wildman–Crippen MR) is 115 cm³/mol. The number of aliphatic imine (C=N–C) groups is 1. The summed E-state index contributed by atoms with van der Waals surface area (Å²) in [6, 6.07) is 8.34. The van der Waals surface area contributed by atoms with E-state index in [1.807, 2.05) is 13.0 Å². The lowest BCUT2D eigenvalue weighted by atomic mass is 10.1. The van der Waals surface area contributed by atoms with Crippen molar-refractivity contribution in [2.24, 2.45) is 4.99 Å². The molecule has 0 unspecified atom stereocenters. The van der Waals surface area contributed by atoms with Crippen LogP contribution < -0.4 is 10.6 Å². The highest BCUT2D eigenvalue weighted by molar-refractivity contribution is 14.0. The number of carbonyl (C=O) groups excluding carboxylic acids is 1. The molecule has 0 aliphatic carbocycles. The zero-order valence-electron chi connectivity index (χ0n) is 15.3. The van der Waals surface area contributed by atoms with Crippen molar-refractivity contribution >= 4 is 46.7 Å². The smallest absolute Gasteiger partial charge is 0.243 e. The molecule has 0 aliphatic heterocycles. The third-order valence-electron chi connectivity index (χ3n) is 3.91. The first kappa shape index (κ1) is 21.3. The van der Waals surface area contributed by atoms with Crippen molar-refractivity contribution in [2.45, 2.75) is 20.3 Å². The zero-order chi connectivity index (χ0) is 17.5. The number of para-hydroxylation sites is 1. The van der Waals surface area contributed by atoms with Gasteiger partial charge in [-0.15, -0.1) is 24.0 Å². The number of hydrogen-bond acceptors (Lipinski definition) is 2. The van der Waals surface area contributed by atoms with Crippen LogP contribution >= 0.6 is 24.0 Å². The highest BCUT2D eigenvalue weighted by Crippen LogP contribution is 2.21. The Kier molecular flexibility index (Phi) is 8.74. The summed E-state index contributed by atoms with van der Waals surface area (Å²) in [5, 5.41) is 7.73. The highest BCUT2D eigenvalue weighted by atomic mass is 127. The molecule has 138 valence electrons. The molecular formula is C18H28IN5O. The number of nitrogens with zero attached hydrogens (tertiary/aromatic N) is 2. The van der Waals surface area contributed by atoms with Crippen LogP contribution in [0.3, 0.4) is 0 Å². The average Bonchev–Trinajstić information content (AvgIpc) is 2.88. The highest BCUT2D eigenvalue weighted by Gasteiger charge is 2.08. The first-order valence-electron chi connectivity index (χ1n) is 8.31. The molecule has 1 amide bonds. The van der Waals surface area contributed by atoms with E-state index in [-0.39, 0.29) is 36.4 Å². The van der Waals surface area contributed by atoms with Gasteiger partial charge in [0.25, 0.3) is 0 Å². The van der Waals surface area contributed by atoms with Gasteiger partial charge in [0.1, 0.15) is 6.54 Å². The van der Waals surface area contributed by atoms with Gasteiger partial charge in [0, 0.05) is 43.8 Å². The van der Waals surface area contributed by atoms with Gasteiger partial charge in [0.05, 0.1) is 0 Å². The van der Waals surface area contributed by atoms with Crippen molar-refractivity contribution in [1.29, 1.82) is 0 Å². The lowest BCUT2D eigenvalue weighted by Gasteiger charge is -2.12. The molecule has 0 spiro atoms. The summed E-state index contributed by atoms with van der Waals surface area (Å²) in [5.41, 5.74) is 3.68. The molecule has 1 heterocycles. The monoisotopic (exact) mass is 457 g/mol. The van der Waals surface area contributed by atoms with E-state index in [9.17, 15) is 4.79 Å². The summed E-state index contributed by atoms with van der Waals surface area (Å²) in [6.07, 6.45) is 0.891. The van der Waals surface area contributed by atoms with E-state index >= 15 is 0 Å². The molecule has 0 bridgehead atoms. The first-order valence-corrected chi connectivity index (χ1v) is 8.31. The molecule has 6 nitrogen and oxygen atoms in total. The standard InChI is InChI=1S/C18H27N5O.HI/c1-5-19-18(21-12-17(24)23(3)4)20-11-10-14-13(2)22-16-9-7-6-8-15(14)16;/h6-9,22H,5,10-12H2,1-4H3,(H2,19,20,21);1H. The van der Waals surface area contributed by atoms with E-state index in [0.29, 0.717) is 5.96 Å². The minimum Gasteiger partial charge on any atom is -0.358 e. The van der Waals surface area contributed by atoms with Gasteiger partial charge in [-0.1, -0.05) is 18.2 Å². The van der Waals surface area contributed by atoms with Crippen LogP contribution in [-0.4, -0.2) is 55.5 Å². The third-order valence-corrected chi connectivity index (χ3v) is 3.91. The molecule has 0 saturated carbocycles. The van der Waals surface area contributed by atoms with Crippen LogP contribution in [0.5, 0.6) is 0 Å². The number of hydrogen-bond donors (Lipinski definition) is 3. The van der Waals surface area contributed by atoms with Gasteiger partial charge in [-0.2, -0.15) is 0 Å². The maximum absolute atomic E-state index is 11.7. The topological polar surface area (TPSA) is 72.5 Å². The van der Waals surface area contributed by atoms with Gasteiger partial charge in [-0.05, 0) is 31.9 Å². The van der Waals surface area contributed by atoms with E-state index in [1.54, 1.807) is 19.0 Å². The number of amides is 1. The zero-order valence-corrected chi connectivity index (χ0v) is 17.7. The number of aryl methyl sites for hydroxylation is 1. The van der Waals surface area contributed by atoms with Crippen LogP contribution in [0.4, 0.5) is 0 Å². The molecule has 0 saturated heterocycles. The van der Waals surface area contributed by atoms with E-state index in [0.717, 1.165) is 19.5 Å². The Morgan fingerprint density at radius 3 is 2.64 bits per heavy atom. The molecule has 2 rings (SSSR count). The van der Waals surface area contributed by atoms with Gasteiger partial charge in [0.2, 0.25) is 5.91 Å². The van der Waals surface area contributed by atoms with Gasteiger partial charge in [-0.25, -0.2) is 4.99 Å². The van der Waals surface area contributed by atoms with Gasteiger partial charge >= 0.3 is 0 Å². The number of aromatic amines is 1. The Morgan fingerprint density at radius 2 is 1.96 bits per heavy atom. The fourth-order valence-corrected chi connectivity index (χ4v) is 2.59. The number of guanidine groups is 1. The maximum Gasteiger partial charge on any atom is 0.243 e. The van der Waals surface area contributed by atoms with E-state index in [2.05, 4.69) is 45.7 Å². The second kappa shape index (κ2) is 10.3. The Hall–Kier alpha value is -1.77. The van der Waals surface area contributed by atoms with Crippen molar-refractivity contribution < 1.29 is 4.79 Å². The number of nitrogens with one attached hydrogen (secondary N) is 3. The SMILES string of the molecule is CCNC(=NCC(=O)N(C)C)NCCc1c(C)[nH]c2ccccc12.I. The summed E-state index contributed by atoms with van der Waals surface area (Å²) < 4.78 is 0. The van der Waals surface area contributed by atoms with Crippen molar-refractivity contribution in [3.05, 3.63) is 35.5 Å². The molecule has 3 N–H and O–H groups in total. The van der Waals surface area contributed by atoms with Crippen molar-refractivity contribution in [2.75, 3.05) is 33.7 Å². The fraction of sp³-hybridized carbons (Fsp3) is 0.444. The van der Waals surface area contributed by atoms with Gasteiger partial charge in [-0.3, -0.25) is 4.79 Å². The maximum atomic E-state index is 11.7. The molecule has 1 aromatic heterocycles. The van der Waals surface area contributed by atoms with Crippen molar-refractivity contribution in [3.63, 3.8) is 0 Å². The van der Waals surface area contributed by atoms with E-state index in [1.165, 1.54) is 22.2 Å². The fourth-order valence-electron chi connectivity index (χ4n) is 2.59. The number of likely N-dealkylation sites (N-methyl/N-ethyl adjacent to an activating group) is 1. The summed E-state index contributed by atoms with van der Waals surface area (Å²) in [5.74, 6) is 0.657. The van der Waals surface area contributed by atoms with Crippen LogP contribution in [-0.2, 0) is 11.2 Å². The van der Waals surface area contributed by atoms with Gasteiger partial charge < -0.3 is 20.5 Å². The number of H-pyrrole nitrogens is 1. The Morgan fingerprint density at radius 1 is 1.24 bits per heavy atom. The molecule has 0 radical (unpaired) electrons. The molecule has 0 fully saturated rings. The predicted octanol–water partition coefficient (Wildman–Crippen LogP) is 2.28. The molecule has 0 atom stereocenters. The summed E-state index contributed by atoms with van der Waals surface area (Å²) in [7, 11) is 3.47. The normalized spacial score (nSPS) is 11.1. The van der Waals surface area contributed by atoms with Crippen molar-refractivity contribution in [1.82, 2.24) is 20.5 Å². The summed E-state index contributed by atoms with van der Waals surface area (Å²) in [6.45, 7) is 5.77. The number of rotatable bonds is 6. The van der Waals surface area contributed by atoms with Crippen molar-refractivity contribution in [3.8, 4) is 0 Å². The molecular weight excluding hydrogens is 429 g/mol. The Labute approximate surface area is 166 Å². The minimum absolute atomic E-state index is 0. The number of aromatic nitrogens is 1. The number of carbonyl (C=O) groups is 1. The van der Waals surface area contributed by atoms with Crippen LogP contribution in [0.2, 0.25) is 0 Å². The quantitative estimate of drug-likeness (QED) is 0.354. The second-order valence-corrected chi connectivity index (χ2v) is 5.93. The van der Waals surface area contributed by atoms with E-state index < -0.39 is 0 Å². The van der Waals surface area contributed by atoms with Gasteiger partial charge in [0.15, 0.2) is 5.96 Å². The second-order valence-electron chi connectivity index (χ2n) is 5.93. The first-order chi connectivity index (χ1) is 11.5. The molecule has 1 aromatic carbocycles. The van der Waals surface area contributed by atoms with E-state index in [4.69, 9.17) is 0 Å². The van der Waals surface area contributed by atoms with Crippen LogP contribution in [0.15, 0.2) is 29.3 Å². The largest absolute Gasteiger partial charge is 0.358 e. The Bertz CT molecular complexity index is 723. The lowest BCUT2D eigenvalue weighted by molar-refractivity contribution is -0.127. The lowest BCUT2D eigenvalue weighted by Crippen LogP contribution is -2.39. The van der Waals surface area contributed by atoms with Crippen LogP contribution in [0.1, 0.15) is 18.2 Å². The number of halogens is 1. The number of benzene rings is 1. The minimum atomic E-state index is -0.0142. The molecule has 25 heavy (non-hydrogen) atoms.